The molecule has 108 valence electrons. The Morgan fingerprint density at radius 3 is 2.75 bits per heavy atom. The van der Waals surface area contributed by atoms with Crippen LogP contribution in [-0.2, 0) is 16.6 Å². The summed E-state index contributed by atoms with van der Waals surface area (Å²) in [7, 11) is -3.61. The van der Waals surface area contributed by atoms with E-state index in [9.17, 15) is 13.2 Å². The van der Waals surface area contributed by atoms with Gasteiger partial charge in [-0.25, -0.2) is 22.9 Å². The molecule has 2 heterocycles. The fraction of sp³-hybridized carbons (Fsp3) is 0.200. The van der Waals surface area contributed by atoms with Gasteiger partial charge in [0.1, 0.15) is 9.22 Å². The summed E-state index contributed by atoms with van der Waals surface area (Å²) in [6, 6.07) is 1.57. The first-order chi connectivity index (χ1) is 9.29. The monoisotopic (exact) mass is 396 g/mol. The number of sulfonamides is 1. The Kier molecular flexibility index (Phi) is 4.59. The fourth-order valence-corrected chi connectivity index (χ4v) is 5.34. The van der Waals surface area contributed by atoms with Gasteiger partial charge in [-0.3, -0.25) is 0 Å². The molecular weight excluding hydrogens is 388 g/mol. The first-order valence-corrected chi connectivity index (χ1v) is 9.20. The summed E-state index contributed by atoms with van der Waals surface area (Å²) in [5.74, 6) is -1.13. The SMILES string of the molecule is Cc1cc(S(=O)(=O)NCc2nc(C(=O)O)cs2)sc1Br. The van der Waals surface area contributed by atoms with Gasteiger partial charge in [0, 0.05) is 5.38 Å². The number of carbonyl (C=O) groups is 1. The van der Waals surface area contributed by atoms with Crippen molar-refractivity contribution in [1.29, 1.82) is 0 Å². The summed E-state index contributed by atoms with van der Waals surface area (Å²) in [5.41, 5.74) is 0.761. The third-order valence-corrected chi connectivity index (χ3v) is 7.14. The Bertz CT molecular complexity index is 731. The van der Waals surface area contributed by atoms with Crippen LogP contribution in [0, 0.1) is 6.92 Å². The van der Waals surface area contributed by atoms with Gasteiger partial charge in [-0.05, 0) is 34.5 Å². The van der Waals surface area contributed by atoms with Crippen molar-refractivity contribution in [2.24, 2.45) is 0 Å². The van der Waals surface area contributed by atoms with E-state index in [-0.39, 0.29) is 16.4 Å². The van der Waals surface area contributed by atoms with Crippen molar-refractivity contribution < 1.29 is 18.3 Å². The maximum atomic E-state index is 12.1. The minimum absolute atomic E-state index is 0.0329. The molecule has 0 bridgehead atoms. The lowest BCUT2D eigenvalue weighted by atomic mass is 10.4. The molecule has 0 amide bonds. The van der Waals surface area contributed by atoms with Crippen molar-refractivity contribution in [2.75, 3.05) is 0 Å². The first-order valence-electron chi connectivity index (χ1n) is 5.23. The Balaban J connectivity index is 2.10. The van der Waals surface area contributed by atoms with Crippen molar-refractivity contribution >= 4 is 54.6 Å². The van der Waals surface area contributed by atoms with Gasteiger partial charge < -0.3 is 5.11 Å². The van der Waals surface area contributed by atoms with E-state index < -0.39 is 16.0 Å². The summed E-state index contributed by atoms with van der Waals surface area (Å²) in [6.07, 6.45) is 0. The quantitative estimate of drug-likeness (QED) is 0.808. The molecule has 0 radical (unpaired) electrons. The van der Waals surface area contributed by atoms with Crippen LogP contribution in [0.15, 0.2) is 19.4 Å². The second-order valence-electron chi connectivity index (χ2n) is 3.78. The van der Waals surface area contributed by atoms with Crippen molar-refractivity contribution in [1.82, 2.24) is 9.71 Å². The molecule has 0 unspecified atom stereocenters. The van der Waals surface area contributed by atoms with Crippen LogP contribution in [0.3, 0.4) is 0 Å². The molecule has 2 N–H and O–H groups in total. The van der Waals surface area contributed by atoms with Crippen LogP contribution in [0.1, 0.15) is 21.1 Å². The van der Waals surface area contributed by atoms with Crippen LogP contribution in [0.5, 0.6) is 0 Å². The molecular formula is C10H9BrN2O4S3. The predicted octanol–water partition coefficient (Wildman–Crippen LogP) is 2.45. The van der Waals surface area contributed by atoms with Gasteiger partial charge in [0.2, 0.25) is 10.0 Å². The largest absolute Gasteiger partial charge is 0.476 e. The van der Waals surface area contributed by atoms with E-state index in [2.05, 4.69) is 25.6 Å². The molecule has 0 aromatic carbocycles. The minimum atomic E-state index is -3.61. The molecule has 2 aromatic heterocycles. The van der Waals surface area contributed by atoms with Gasteiger partial charge >= 0.3 is 5.97 Å². The van der Waals surface area contributed by atoms with Crippen molar-refractivity contribution in [2.45, 2.75) is 17.7 Å². The molecule has 0 aliphatic carbocycles. The highest BCUT2D eigenvalue weighted by atomic mass is 79.9. The Labute approximate surface area is 131 Å². The molecule has 0 spiro atoms. The van der Waals surface area contributed by atoms with Crippen LogP contribution >= 0.6 is 38.6 Å². The standard InChI is InChI=1S/C10H9BrN2O4S3/c1-5-2-8(19-9(5)11)20(16,17)12-3-7-13-6(4-18-7)10(14)15/h2,4,12H,3H2,1H3,(H,14,15). The third kappa shape index (κ3) is 3.44. The summed E-state index contributed by atoms with van der Waals surface area (Å²) < 4.78 is 27.5. The first kappa shape index (κ1) is 15.6. The van der Waals surface area contributed by atoms with Gasteiger partial charge in [0.25, 0.3) is 0 Å². The normalized spacial score (nSPS) is 11.7. The average molecular weight is 397 g/mol. The van der Waals surface area contributed by atoms with Crippen LogP contribution < -0.4 is 4.72 Å². The second-order valence-corrected chi connectivity index (χ2v) is 9.08. The molecule has 6 nitrogen and oxygen atoms in total. The van der Waals surface area contributed by atoms with E-state index in [0.29, 0.717) is 5.01 Å². The molecule has 10 heteroatoms. The third-order valence-electron chi connectivity index (χ3n) is 2.28. The molecule has 2 rings (SSSR count). The fourth-order valence-electron chi connectivity index (χ4n) is 1.28. The van der Waals surface area contributed by atoms with Crippen molar-refractivity contribution in [3.63, 3.8) is 0 Å². The number of hydrogen-bond donors (Lipinski definition) is 2. The van der Waals surface area contributed by atoms with Crippen molar-refractivity contribution in [3.8, 4) is 0 Å². The predicted molar refractivity (Wildman–Crippen MR) is 79.9 cm³/mol. The number of aromatic nitrogens is 1. The van der Waals surface area contributed by atoms with Crippen LogP contribution in [0.2, 0.25) is 0 Å². The maximum Gasteiger partial charge on any atom is 0.355 e. The smallest absolute Gasteiger partial charge is 0.355 e. The Morgan fingerprint density at radius 2 is 2.25 bits per heavy atom. The molecule has 2 aromatic rings. The van der Waals surface area contributed by atoms with Gasteiger partial charge in [-0.1, -0.05) is 0 Å². The van der Waals surface area contributed by atoms with E-state index in [0.717, 1.165) is 32.0 Å². The number of hydrogen-bond acceptors (Lipinski definition) is 6. The summed E-state index contributed by atoms with van der Waals surface area (Å²) in [5, 5.41) is 10.5. The second kappa shape index (κ2) is 5.90. The number of nitrogens with zero attached hydrogens (tertiary/aromatic N) is 1. The zero-order chi connectivity index (χ0) is 14.9. The number of nitrogens with one attached hydrogen (secondary N) is 1. The van der Waals surface area contributed by atoms with E-state index in [1.807, 2.05) is 0 Å². The van der Waals surface area contributed by atoms with Crippen LogP contribution in [0.25, 0.3) is 0 Å². The van der Waals surface area contributed by atoms with E-state index in [4.69, 9.17) is 5.11 Å². The number of rotatable bonds is 5. The highest BCUT2D eigenvalue weighted by molar-refractivity contribution is 9.11. The average Bonchev–Trinajstić information content (AvgIpc) is 2.95. The van der Waals surface area contributed by atoms with Gasteiger partial charge in [-0.15, -0.1) is 22.7 Å². The lowest BCUT2D eigenvalue weighted by Crippen LogP contribution is -2.22. The highest BCUT2D eigenvalue weighted by Crippen LogP contribution is 2.30. The molecule has 0 aliphatic heterocycles. The molecule has 0 saturated heterocycles. The zero-order valence-corrected chi connectivity index (χ0v) is 14.1. The van der Waals surface area contributed by atoms with Crippen molar-refractivity contribution in [3.05, 3.63) is 31.5 Å². The van der Waals surface area contributed by atoms with E-state index >= 15 is 0 Å². The molecule has 0 aliphatic rings. The number of thiophene rings is 1. The molecule has 0 atom stereocenters. The number of carboxylic acid groups (broad SMARTS) is 1. The van der Waals surface area contributed by atoms with Gasteiger partial charge in [-0.2, -0.15) is 0 Å². The number of thiazole rings is 1. The van der Waals surface area contributed by atoms with Gasteiger partial charge in [0.05, 0.1) is 10.3 Å². The zero-order valence-electron chi connectivity index (χ0n) is 10.1. The van der Waals surface area contributed by atoms with Gasteiger partial charge in [0.15, 0.2) is 5.69 Å². The van der Waals surface area contributed by atoms with E-state index in [1.165, 1.54) is 5.38 Å². The Morgan fingerprint density at radius 1 is 1.55 bits per heavy atom. The summed E-state index contributed by atoms with van der Waals surface area (Å²) >= 11 is 5.49. The number of aryl methyl sites for hydroxylation is 1. The summed E-state index contributed by atoms with van der Waals surface area (Å²) in [6.45, 7) is 1.77. The minimum Gasteiger partial charge on any atom is -0.476 e. The Hall–Kier alpha value is -0.810. The number of aromatic carboxylic acids is 1. The maximum absolute atomic E-state index is 12.1. The molecule has 20 heavy (non-hydrogen) atoms. The lowest BCUT2D eigenvalue weighted by Gasteiger charge is -2.01. The van der Waals surface area contributed by atoms with E-state index in [1.54, 1.807) is 13.0 Å². The van der Waals surface area contributed by atoms with Crippen LogP contribution in [-0.4, -0.2) is 24.5 Å². The van der Waals surface area contributed by atoms with Crippen LogP contribution in [0.4, 0.5) is 0 Å². The number of halogens is 1. The highest BCUT2D eigenvalue weighted by Gasteiger charge is 2.19. The lowest BCUT2D eigenvalue weighted by molar-refractivity contribution is 0.0691. The molecule has 0 fully saturated rings. The number of carboxylic acids is 1. The summed E-state index contributed by atoms with van der Waals surface area (Å²) in [4.78, 5) is 14.5. The molecule has 0 saturated carbocycles. The topological polar surface area (TPSA) is 96.4 Å².